The number of benzene rings is 2. The van der Waals surface area contributed by atoms with E-state index < -0.39 is 18.1 Å². The van der Waals surface area contributed by atoms with Crippen molar-refractivity contribution in [3.63, 3.8) is 0 Å². The second-order valence-corrected chi connectivity index (χ2v) is 5.90. The fourth-order valence-corrected chi connectivity index (χ4v) is 2.32. The lowest BCUT2D eigenvalue weighted by Crippen LogP contribution is -2.41. The van der Waals surface area contributed by atoms with Crippen molar-refractivity contribution in [3.8, 4) is 0 Å². The predicted molar refractivity (Wildman–Crippen MR) is 98.7 cm³/mol. The van der Waals surface area contributed by atoms with Gasteiger partial charge in [-0.3, -0.25) is 4.79 Å². The highest BCUT2D eigenvalue weighted by Crippen LogP contribution is 2.03. The summed E-state index contributed by atoms with van der Waals surface area (Å²) < 4.78 is 5.01. The number of carbonyl (C=O) groups is 3. The van der Waals surface area contributed by atoms with Crippen molar-refractivity contribution >= 4 is 18.0 Å². The molecule has 7 nitrogen and oxygen atoms in total. The molecule has 2 rings (SSSR count). The third-order valence-corrected chi connectivity index (χ3v) is 3.80. The van der Waals surface area contributed by atoms with Crippen LogP contribution in [0.1, 0.15) is 24.0 Å². The van der Waals surface area contributed by atoms with Gasteiger partial charge in [0.15, 0.2) is 0 Å². The highest BCUT2D eigenvalue weighted by atomic mass is 16.5. The fourth-order valence-electron chi connectivity index (χ4n) is 2.32. The van der Waals surface area contributed by atoms with E-state index in [1.54, 1.807) is 12.1 Å². The van der Waals surface area contributed by atoms with Gasteiger partial charge in [-0.2, -0.15) is 0 Å². The third-order valence-electron chi connectivity index (χ3n) is 3.80. The second kappa shape index (κ2) is 10.6. The molecule has 1 atom stereocenters. The lowest BCUT2D eigenvalue weighted by molar-refractivity contribution is -0.139. The number of carboxylic acid groups (broad SMARTS) is 1. The summed E-state index contributed by atoms with van der Waals surface area (Å²) in [7, 11) is 0. The second-order valence-electron chi connectivity index (χ2n) is 5.90. The summed E-state index contributed by atoms with van der Waals surface area (Å²) in [5.41, 5.74) is 1.74. The lowest BCUT2D eigenvalue weighted by Gasteiger charge is -2.14. The van der Waals surface area contributed by atoms with Crippen LogP contribution in [0.2, 0.25) is 0 Å². The van der Waals surface area contributed by atoms with Crippen LogP contribution in [0.25, 0.3) is 0 Å². The largest absolute Gasteiger partial charge is 0.480 e. The highest BCUT2D eigenvalue weighted by molar-refractivity contribution is 5.81. The molecule has 0 heterocycles. The molecule has 0 unspecified atom stereocenters. The van der Waals surface area contributed by atoms with Gasteiger partial charge in [-0.05, 0) is 17.5 Å². The molecule has 7 heteroatoms. The van der Waals surface area contributed by atoms with Crippen molar-refractivity contribution in [2.75, 3.05) is 0 Å². The Kier molecular flexibility index (Phi) is 7.84. The van der Waals surface area contributed by atoms with Crippen molar-refractivity contribution in [3.05, 3.63) is 71.8 Å². The van der Waals surface area contributed by atoms with Crippen LogP contribution in [0.4, 0.5) is 4.79 Å². The summed E-state index contributed by atoms with van der Waals surface area (Å²) in [5, 5.41) is 14.2. The number of nitrogens with one attached hydrogen (secondary N) is 2. The molecule has 0 saturated carbocycles. The molecule has 0 aliphatic carbocycles. The molecule has 0 spiro atoms. The number of alkyl carbamates (subject to hydrolysis) is 1. The van der Waals surface area contributed by atoms with Crippen molar-refractivity contribution in [2.45, 2.75) is 32.0 Å². The zero-order chi connectivity index (χ0) is 19.5. The smallest absolute Gasteiger partial charge is 0.408 e. The molecule has 0 radical (unpaired) electrons. The maximum Gasteiger partial charge on any atom is 0.408 e. The molecule has 27 heavy (non-hydrogen) atoms. The number of carbonyl (C=O) groups excluding carboxylic acids is 2. The molecule has 0 aliphatic heterocycles. The normalized spacial score (nSPS) is 11.3. The van der Waals surface area contributed by atoms with Crippen molar-refractivity contribution in [1.29, 1.82) is 0 Å². The number of rotatable bonds is 9. The molecular formula is C20H22N2O5. The molecular weight excluding hydrogens is 348 g/mol. The van der Waals surface area contributed by atoms with E-state index in [1.807, 2.05) is 48.5 Å². The van der Waals surface area contributed by atoms with E-state index in [2.05, 4.69) is 10.6 Å². The Morgan fingerprint density at radius 2 is 1.52 bits per heavy atom. The standard InChI is InChI=1S/C20H22N2O5/c23-18(21-13-15-7-3-1-4-8-15)12-11-17(19(24)25)22-20(26)27-14-16-9-5-2-6-10-16/h1-10,17H,11-14H2,(H,21,23)(H,22,26)(H,24,25)/t17-/m1/s1. The van der Waals surface area contributed by atoms with E-state index in [0.29, 0.717) is 6.54 Å². The molecule has 0 aromatic heterocycles. The molecule has 0 saturated heterocycles. The van der Waals surface area contributed by atoms with Gasteiger partial charge in [-0.25, -0.2) is 9.59 Å². The number of hydrogen-bond donors (Lipinski definition) is 3. The van der Waals surface area contributed by atoms with E-state index >= 15 is 0 Å². The van der Waals surface area contributed by atoms with Crippen molar-refractivity contribution in [2.24, 2.45) is 0 Å². The van der Waals surface area contributed by atoms with E-state index in [0.717, 1.165) is 11.1 Å². The maximum absolute atomic E-state index is 11.9. The quantitative estimate of drug-likeness (QED) is 0.629. The Morgan fingerprint density at radius 3 is 2.11 bits per heavy atom. The molecule has 0 bridgehead atoms. The lowest BCUT2D eigenvalue weighted by atomic mass is 10.1. The Bertz CT molecular complexity index is 749. The topological polar surface area (TPSA) is 105 Å². The monoisotopic (exact) mass is 370 g/mol. The van der Waals surface area contributed by atoms with Crippen molar-refractivity contribution < 1.29 is 24.2 Å². The first kappa shape index (κ1) is 20.0. The van der Waals surface area contributed by atoms with Gasteiger partial charge in [0.05, 0.1) is 0 Å². The first-order valence-corrected chi connectivity index (χ1v) is 8.55. The minimum Gasteiger partial charge on any atom is -0.480 e. The summed E-state index contributed by atoms with van der Waals surface area (Å²) in [6.45, 7) is 0.403. The predicted octanol–water partition coefficient (Wildman–Crippen LogP) is 2.46. The number of hydrogen-bond acceptors (Lipinski definition) is 4. The summed E-state index contributed by atoms with van der Waals surface area (Å²) in [6.07, 6.45) is -0.893. The van der Waals surface area contributed by atoms with E-state index in [9.17, 15) is 19.5 Å². The molecule has 2 amide bonds. The van der Waals surface area contributed by atoms with Crippen LogP contribution < -0.4 is 10.6 Å². The van der Waals surface area contributed by atoms with Gasteiger partial charge in [-0.1, -0.05) is 60.7 Å². The summed E-state index contributed by atoms with van der Waals surface area (Å²) in [6, 6.07) is 17.2. The van der Waals surface area contributed by atoms with Gasteiger partial charge in [-0.15, -0.1) is 0 Å². The zero-order valence-corrected chi connectivity index (χ0v) is 14.8. The Hall–Kier alpha value is -3.35. The fraction of sp³-hybridized carbons (Fsp3) is 0.250. The summed E-state index contributed by atoms with van der Waals surface area (Å²) >= 11 is 0. The SMILES string of the molecule is O=C(CC[C@@H](NC(=O)OCc1ccccc1)C(=O)O)NCc1ccccc1. The first-order valence-electron chi connectivity index (χ1n) is 8.55. The van der Waals surface area contributed by atoms with Crippen LogP contribution >= 0.6 is 0 Å². The average molecular weight is 370 g/mol. The van der Waals surface area contributed by atoms with Crippen LogP contribution in [-0.4, -0.2) is 29.1 Å². The van der Waals surface area contributed by atoms with E-state index in [4.69, 9.17) is 4.74 Å². The summed E-state index contributed by atoms with van der Waals surface area (Å²) in [5.74, 6) is -1.51. The molecule has 142 valence electrons. The molecule has 0 fully saturated rings. The van der Waals surface area contributed by atoms with Gasteiger partial charge in [0.2, 0.25) is 5.91 Å². The molecule has 2 aromatic rings. The zero-order valence-electron chi connectivity index (χ0n) is 14.8. The third kappa shape index (κ3) is 7.60. The van der Waals surface area contributed by atoms with Crippen LogP contribution in [0, 0.1) is 0 Å². The van der Waals surface area contributed by atoms with E-state index in [1.165, 1.54) is 0 Å². The average Bonchev–Trinajstić information content (AvgIpc) is 2.69. The van der Waals surface area contributed by atoms with Crippen LogP contribution in [0.15, 0.2) is 60.7 Å². The van der Waals surface area contributed by atoms with Crippen LogP contribution in [-0.2, 0) is 27.5 Å². The highest BCUT2D eigenvalue weighted by Gasteiger charge is 2.21. The Balaban J connectivity index is 1.73. The maximum atomic E-state index is 11.9. The number of carboxylic acids is 1. The van der Waals surface area contributed by atoms with Crippen LogP contribution in [0.3, 0.4) is 0 Å². The van der Waals surface area contributed by atoms with Gasteiger partial charge < -0.3 is 20.5 Å². The van der Waals surface area contributed by atoms with Gasteiger partial charge in [0.1, 0.15) is 12.6 Å². The molecule has 0 aliphatic rings. The number of ether oxygens (including phenoxy) is 1. The minimum atomic E-state index is -1.22. The van der Waals surface area contributed by atoms with Crippen molar-refractivity contribution in [1.82, 2.24) is 10.6 Å². The molecule has 2 aromatic carbocycles. The Labute approximate surface area is 157 Å². The number of amides is 2. The van der Waals surface area contributed by atoms with Gasteiger partial charge >= 0.3 is 12.1 Å². The minimum absolute atomic E-state index is 0.0250. The van der Waals surface area contributed by atoms with Gasteiger partial charge in [0.25, 0.3) is 0 Å². The van der Waals surface area contributed by atoms with E-state index in [-0.39, 0.29) is 25.4 Å². The van der Waals surface area contributed by atoms with Gasteiger partial charge in [0, 0.05) is 13.0 Å². The molecule has 3 N–H and O–H groups in total. The van der Waals surface area contributed by atoms with Crippen LogP contribution in [0.5, 0.6) is 0 Å². The Morgan fingerprint density at radius 1 is 0.926 bits per heavy atom. The first-order chi connectivity index (χ1) is 13.0. The number of aliphatic carboxylic acids is 1. The summed E-state index contributed by atoms with van der Waals surface area (Å²) in [4.78, 5) is 35.0.